The second-order valence-corrected chi connectivity index (χ2v) is 5.62. The maximum atomic E-state index is 11.0. The number of hydrogen-bond acceptors (Lipinski definition) is 2. The van der Waals surface area contributed by atoms with Gasteiger partial charge in [0.15, 0.2) is 0 Å². The molecule has 1 aliphatic rings. The van der Waals surface area contributed by atoms with Crippen LogP contribution in [0.15, 0.2) is 22.7 Å². The zero-order valence-corrected chi connectivity index (χ0v) is 12.0. The van der Waals surface area contributed by atoms with Crippen molar-refractivity contribution in [3.05, 3.63) is 28.2 Å². The normalized spacial score (nSPS) is 16.7. The molecule has 1 heterocycles. The number of urea groups is 1. The third-order valence-electron chi connectivity index (χ3n) is 3.35. The molecule has 1 aromatic carbocycles. The van der Waals surface area contributed by atoms with Crippen molar-refractivity contribution in [2.24, 2.45) is 5.73 Å². The third kappa shape index (κ3) is 3.16. The maximum Gasteiger partial charge on any atom is 0.314 e. The summed E-state index contributed by atoms with van der Waals surface area (Å²) < 4.78 is 1.09. The minimum atomic E-state index is -0.312. The minimum Gasteiger partial charge on any atom is -0.382 e. The molecule has 0 radical (unpaired) electrons. The number of aryl methyl sites for hydroxylation is 1. The van der Waals surface area contributed by atoms with Crippen LogP contribution in [0, 0.1) is 6.92 Å². The molecular weight excluding hydrogens is 294 g/mol. The Balaban J connectivity index is 1.93. The fourth-order valence-corrected chi connectivity index (χ4v) is 2.73. The van der Waals surface area contributed by atoms with Crippen LogP contribution < -0.4 is 11.1 Å². The molecule has 0 unspecified atom stereocenters. The fourth-order valence-electron chi connectivity index (χ4n) is 2.25. The number of nitrogens with two attached hydrogens (primary N) is 1. The first kappa shape index (κ1) is 13.2. The molecule has 2 amide bonds. The van der Waals surface area contributed by atoms with Crippen molar-refractivity contribution in [1.29, 1.82) is 0 Å². The minimum absolute atomic E-state index is 0.312. The molecule has 2 rings (SSSR count). The summed E-state index contributed by atoms with van der Waals surface area (Å²) in [6, 6.07) is 6.32. The number of rotatable bonds is 2. The standard InChI is InChI=1S/C13H18BrN3O/c1-9-8-10(14)2-3-12(9)16-11-4-6-17(7-5-11)13(15)18/h2-3,8,11,16H,4-7H2,1H3,(H2,15,18). The lowest BCUT2D eigenvalue weighted by molar-refractivity contribution is 0.193. The Morgan fingerprint density at radius 2 is 2.11 bits per heavy atom. The molecule has 1 aromatic rings. The highest BCUT2D eigenvalue weighted by atomic mass is 79.9. The highest BCUT2D eigenvalue weighted by Crippen LogP contribution is 2.23. The van der Waals surface area contributed by atoms with E-state index >= 15 is 0 Å². The fraction of sp³-hybridized carbons (Fsp3) is 0.462. The number of nitrogens with zero attached hydrogens (tertiary/aromatic N) is 1. The van der Waals surface area contributed by atoms with Crippen molar-refractivity contribution >= 4 is 27.6 Å². The average molecular weight is 312 g/mol. The summed E-state index contributed by atoms with van der Waals surface area (Å²) in [7, 11) is 0. The van der Waals surface area contributed by atoms with Crippen molar-refractivity contribution in [1.82, 2.24) is 4.90 Å². The monoisotopic (exact) mass is 311 g/mol. The summed E-state index contributed by atoms with van der Waals surface area (Å²) in [6.07, 6.45) is 1.89. The summed E-state index contributed by atoms with van der Waals surface area (Å²) >= 11 is 3.46. The highest BCUT2D eigenvalue weighted by molar-refractivity contribution is 9.10. The van der Waals surface area contributed by atoms with E-state index in [1.165, 1.54) is 5.56 Å². The predicted molar refractivity (Wildman–Crippen MR) is 76.7 cm³/mol. The zero-order chi connectivity index (χ0) is 13.1. The Kier molecular flexibility index (Phi) is 4.11. The maximum absolute atomic E-state index is 11.0. The lowest BCUT2D eigenvalue weighted by atomic mass is 10.0. The quantitative estimate of drug-likeness (QED) is 0.882. The summed E-state index contributed by atoms with van der Waals surface area (Å²) in [5, 5.41) is 3.54. The molecule has 0 atom stereocenters. The Labute approximate surface area is 116 Å². The molecule has 98 valence electrons. The van der Waals surface area contributed by atoms with E-state index in [2.05, 4.69) is 40.3 Å². The van der Waals surface area contributed by atoms with Gasteiger partial charge in [-0.25, -0.2) is 4.79 Å². The van der Waals surface area contributed by atoms with E-state index in [4.69, 9.17) is 5.73 Å². The van der Waals surface area contributed by atoms with Gasteiger partial charge < -0.3 is 16.0 Å². The van der Waals surface area contributed by atoms with Gasteiger partial charge in [-0.05, 0) is 43.5 Å². The van der Waals surface area contributed by atoms with Crippen LogP contribution in [0.3, 0.4) is 0 Å². The molecule has 0 aromatic heterocycles. The summed E-state index contributed by atoms with van der Waals surface area (Å²) in [4.78, 5) is 12.7. The third-order valence-corrected chi connectivity index (χ3v) is 3.85. The van der Waals surface area contributed by atoms with E-state index in [1.54, 1.807) is 4.90 Å². The Morgan fingerprint density at radius 3 is 2.67 bits per heavy atom. The molecule has 0 bridgehead atoms. The second-order valence-electron chi connectivity index (χ2n) is 4.70. The Morgan fingerprint density at radius 1 is 1.44 bits per heavy atom. The number of halogens is 1. The topological polar surface area (TPSA) is 58.4 Å². The van der Waals surface area contributed by atoms with Gasteiger partial charge in [0.2, 0.25) is 0 Å². The number of amides is 2. The molecule has 0 saturated carbocycles. The molecule has 0 aliphatic carbocycles. The largest absolute Gasteiger partial charge is 0.382 e. The van der Waals surface area contributed by atoms with Crippen molar-refractivity contribution < 1.29 is 4.79 Å². The first-order chi connectivity index (χ1) is 8.56. The molecule has 1 fully saturated rings. The molecule has 3 N–H and O–H groups in total. The number of nitrogens with one attached hydrogen (secondary N) is 1. The van der Waals surface area contributed by atoms with Gasteiger partial charge in [-0.15, -0.1) is 0 Å². The van der Waals surface area contributed by atoms with E-state index in [9.17, 15) is 4.79 Å². The summed E-state index contributed by atoms with van der Waals surface area (Å²) in [6.45, 7) is 3.57. The van der Waals surface area contributed by atoms with E-state index < -0.39 is 0 Å². The van der Waals surface area contributed by atoms with Gasteiger partial charge in [-0.3, -0.25) is 0 Å². The van der Waals surface area contributed by atoms with E-state index in [0.717, 1.165) is 36.1 Å². The van der Waals surface area contributed by atoms with Gasteiger partial charge in [0.05, 0.1) is 0 Å². The lowest BCUT2D eigenvalue weighted by Gasteiger charge is -2.32. The smallest absolute Gasteiger partial charge is 0.314 e. The molecule has 18 heavy (non-hydrogen) atoms. The van der Waals surface area contributed by atoms with Gasteiger partial charge in [-0.2, -0.15) is 0 Å². The summed E-state index contributed by atoms with van der Waals surface area (Å²) in [5.41, 5.74) is 7.65. The van der Waals surface area contributed by atoms with Gasteiger partial charge in [0.1, 0.15) is 0 Å². The van der Waals surface area contributed by atoms with Crippen LogP contribution in [0.25, 0.3) is 0 Å². The van der Waals surface area contributed by atoms with Gasteiger partial charge in [-0.1, -0.05) is 15.9 Å². The SMILES string of the molecule is Cc1cc(Br)ccc1NC1CCN(C(N)=O)CC1. The predicted octanol–water partition coefficient (Wildman–Crippen LogP) is 2.71. The number of hydrogen-bond donors (Lipinski definition) is 2. The van der Waals surface area contributed by atoms with Crippen molar-refractivity contribution in [3.8, 4) is 0 Å². The van der Waals surface area contributed by atoms with Crippen LogP contribution >= 0.6 is 15.9 Å². The molecule has 1 saturated heterocycles. The zero-order valence-electron chi connectivity index (χ0n) is 10.4. The molecule has 1 aliphatic heterocycles. The van der Waals surface area contributed by atoms with Crippen LogP contribution in [-0.2, 0) is 0 Å². The molecular formula is C13H18BrN3O. The van der Waals surface area contributed by atoms with Crippen molar-refractivity contribution in [3.63, 3.8) is 0 Å². The number of carbonyl (C=O) groups excluding carboxylic acids is 1. The summed E-state index contributed by atoms with van der Waals surface area (Å²) in [5.74, 6) is 0. The lowest BCUT2D eigenvalue weighted by Crippen LogP contribution is -2.44. The van der Waals surface area contributed by atoms with Crippen LogP contribution in [-0.4, -0.2) is 30.1 Å². The first-order valence-corrected chi connectivity index (χ1v) is 6.92. The van der Waals surface area contributed by atoms with E-state index in [-0.39, 0.29) is 6.03 Å². The van der Waals surface area contributed by atoms with E-state index in [1.807, 2.05) is 6.07 Å². The van der Waals surface area contributed by atoms with Gasteiger partial charge in [0.25, 0.3) is 0 Å². The first-order valence-electron chi connectivity index (χ1n) is 6.13. The van der Waals surface area contributed by atoms with Gasteiger partial charge >= 0.3 is 6.03 Å². The number of anilines is 1. The van der Waals surface area contributed by atoms with E-state index in [0.29, 0.717) is 6.04 Å². The van der Waals surface area contributed by atoms with Crippen LogP contribution in [0.1, 0.15) is 18.4 Å². The number of carbonyl (C=O) groups is 1. The average Bonchev–Trinajstić information content (AvgIpc) is 2.33. The van der Waals surface area contributed by atoms with Crippen LogP contribution in [0.5, 0.6) is 0 Å². The van der Waals surface area contributed by atoms with Crippen LogP contribution in [0.2, 0.25) is 0 Å². The second kappa shape index (κ2) is 5.61. The van der Waals surface area contributed by atoms with Crippen molar-refractivity contribution in [2.75, 3.05) is 18.4 Å². The number of likely N-dealkylation sites (tertiary alicyclic amines) is 1. The van der Waals surface area contributed by atoms with Crippen molar-refractivity contribution in [2.45, 2.75) is 25.8 Å². The molecule has 5 heteroatoms. The molecule has 0 spiro atoms. The molecule has 4 nitrogen and oxygen atoms in total. The number of primary amides is 1. The highest BCUT2D eigenvalue weighted by Gasteiger charge is 2.21. The van der Waals surface area contributed by atoms with Gasteiger partial charge in [0, 0.05) is 29.3 Å². The number of piperidine rings is 1. The Bertz CT molecular complexity index is 442. The Hall–Kier alpha value is -1.23. The number of benzene rings is 1. The van der Waals surface area contributed by atoms with Crippen LogP contribution in [0.4, 0.5) is 10.5 Å².